The van der Waals surface area contributed by atoms with Crippen molar-refractivity contribution in [2.75, 3.05) is 12.9 Å². The minimum absolute atomic E-state index is 0.0289. The smallest absolute Gasteiger partial charge is 0.325 e. The van der Waals surface area contributed by atoms with Gasteiger partial charge in [0.25, 0.3) is 10.0 Å². The van der Waals surface area contributed by atoms with E-state index in [1.807, 2.05) is 0 Å². The number of nitrogens with one attached hydrogen (secondary N) is 1. The van der Waals surface area contributed by atoms with E-state index < -0.39 is 38.2 Å². The van der Waals surface area contributed by atoms with Gasteiger partial charge in [0.1, 0.15) is 15.0 Å². The number of hydrogen-bond acceptors (Lipinski definition) is 7. The van der Waals surface area contributed by atoms with E-state index in [9.17, 15) is 23.1 Å². The molecular formula is C25H24ClNO6S3. The molecule has 0 aliphatic heterocycles. The number of thiophene rings is 1. The lowest BCUT2D eigenvalue weighted by molar-refractivity contribution is -0.144. The van der Waals surface area contributed by atoms with E-state index in [4.69, 9.17) is 16.3 Å². The van der Waals surface area contributed by atoms with Crippen LogP contribution in [0.3, 0.4) is 0 Å². The average Bonchev–Trinajstić information content (AvgIpc) is 3.24. The lowest BCUT2D eigenvalue weighted by Crippen LogP contribution is -2.52. The van der Waals surface area contributed by atoms with Crippen molar-refractivity contribution in [2.45, 2.75) is 33.8 Å². The minimum Gasteiger partial charge on any atom is -0.480 e. The summed E-state index contributed by atoms with van der Waals surface area (Å²) in [5.41, 5.74) is -1.93. The van der Waals surface area contributed by atoms with Crippen molar-refractivity contribution in [1.82, 2.24) is 4.72 Å². The van der Waals surface area contributed by atoms with Crippen molar-refractivity contribution in [2.24, 2.45) is 0 Å². The minimum atomic E-state index is -4.25. The quantitative estimate of drug-likeness (QED) is 0.340. The van der Waals surface area contributed by atoms with Crippen molar-refractivity contribution in [1.29, 1.82) is 0 Å². The first kappa shape index (κ1) is 26.7. The maximum Gasteiger partial charge on any atom is 0.325 e. The number of esters is 1. The molecule has 0 spiro atoms. The summed E-state index contributed by atoms with van der Waals surface area (Å²) in [6.07, 6.45) is 1.59. The number of aliphatic carboxylic acids is 1. The number of carboxylic acids is 1. The zero-order valence-electron chi connectivity index (χ0n) is 19.4. The van der Waals surface area contributed by atoms with Gasteiger partial charge in [-0.15, -0.1) is 23.1 Å². The van der Waals surface area contributed by atoms with E-state index in [1.165, 1.54) is 6.07 Å². The lowest BCUT2D eigenvalue weighted by atomic mass is 9.87. The number of rotatable bonds is 10. The molecule has 1 aromatic heterocycles. The monoisotopic (exact) mass is 565 g/mol. The second-order valence-corrected chi connectivity index (χ2v) is 12.7. The highest BCUT2D eigenvalue weighted by Crippen LogP contribution is 2.63. The number of carboxylic acid groups (broad SMARTS) is 1. The third-order valence-electron chi connectivity index (χ3n) is 6.30. The largest absolute Gasteiger partial charge is 0.480 e. The summed E-state index contributed by atoms with van der Waals surface area (Å²) in [5.74, 6) is -1.94. The molecule has 0 saturated heterocycles. The number of carbonyl (C=O) groups is 2. The number of halogens is 1. The summed E-state index contributed by atoms with van der Waals surface area (Å²) in [5, 5.41) is 10.00. The summed E-state index contributed by atoms with van der Waals surface area (Å²) >= 11 is 8.12. The van der Waals surface area contributed by atoms with Gasteiger partial charge in [-0.05, 0) is 55.0 Å². The molecule has 0 bridgehead atoms. The Bertz CT molecular complexity index is 1380. The highest BCUT2D eigenvalue weighted by Gasteiger charge is 2.79. The first-order valence-corrected chi connectivity index (χ1v) is 15.0. The Morgan fingerprint density at radius 2 is 1.81 bits per heavy atom. The molecule has 2 N–H and O–H groups in total. The number of carbonyl (C=O) groups excluding carboxylic acids is 1. The number of benzene rings is 2. The molecule has 0 radical (unpaired) electrons. The molecule has 1 heterocycles. The predicted octanol–water partition coefficient (Wildman–Crippen LogP) is 4.81. The fourth-order valence-electron chi connectivity index (χ4n) is 4.59. The van der Waals surface area contributed by atoms with Crippen LogP contribution in [0.25, 0.3) is 10.4 Å². The summed E-state index contributed by atoms with van der Waals surface area (Å²) in [7, 11) is -4.25. The van der Waals surface area contributed by atoms with Gasteiger partial charge in [0.2, 0.25) is 0 Å². The molecule has 1 fully saturated rings. The van der Waals surface area contributed by atoms with Gasteiger partial charge in [0, 0.05) is 9.90 Å². The molecule has 2 unspecified atom stereocenters. The third kappa shape index (κ3) is 4.56. The van der Waals surface area contributed by atoms with Crippen LogP contribution in [0.15, 0.2) is 70.9 Å². The number of thioether (sulfide) groups is 1. The van der Waals surface area contributed by atoms with Gasteiger partial charge in [0.15, 0.2) is 0 Å². The summed E-state index contributed by atoms with van der Waals surface area (Å²) in [6.45, 7) is 1.79. The Hall–Kier alpha value is -2.37. The third-order valence-corrected chi connectivity index (χ3v) is 10.7. The van der Waals surface area contributed by atoms with Crippen molar-refractivity contribution in [3.05, 3.63) is 77.3 Å². The summed E-state index contributed by atoms with van der Waals surface area (Å²) < 4.78 is 34.7. The Morgan fingerprint density at radius 3 is 2.39 bits per heavy atom. The van der Waals surface area contributed by atoms with E-state index in [1.54, 1.807) is 73.8 Å². The van der Waals surface area contributed by atoms with Crippen LogP contribution in [0.2, 0.25) is 5.02 Å². The molecule has 190 valence electrons. The normalized spacial score (nSPS) is 22.1. The molecule has 36 heavy (non-hydrogen) atoms. The topological polar surface area (TPSA) is 110 Å². The van der Waals surface area contributed by atoms with Crippen molar-refractivity contribution >= 4 is 56.7 Å². The molecule has 1 saturated carbocycles. The number of sulfonamides is 1. The second kappa shape index (κ2) is 10.2. The molecule has 7 nitrogen and oxygen atoms in total. The second-order valence-electron chi connectivity index (χ2n) is 8.32. The fourth-order valence-corrected chi connectivity index (χ4v) is 8.53. The molecule has 3 atom stereocenters. The van der Waals surface area contributed by atoms with Gasteiger partial charge in [0.05, 0.1) is 12.0 Å². The van der Waals surface area contributed by atoms with Crippen LogP contribution in [-0.4, -0.2) is 49.1 Å². The Balaban J connectivity index is 1.75. The van der Waals surface area contributed by atoms with Gasteiger partial charge in [-0.1, -0.05) is 54.1 Å². The van der Waals surface area contributed by atoms with E-state index in [2.05, 4.69) is 4.72 Å². The molecule has 1 aliphatic carbocycles. The zero-order chi connectivity index (χ0) is 26.1. The van der Waals surface area contributed by atoms with Crippen LogP contribution in [-0.2, 0) is 29.8 Å². The van der Waals surface area contributed by atoms with Crippen LogP contribution >= 0.6 is 34.7 Å². The van der Waals surface area contributed by atoms with E-state index in [0.717, 1.165) is 28.7 Å². The van der Waals surface area contributed by atoms with Crippen LogP contribution in [0.4, 0.5) is 0 Å². The molecule has 4 rings (SSSR count). The van der Waals surface area contributed by atoms with Crippen molar-refractivity contribution in [3.63, 3.8) is 0 Å². The first-order chi connectivity index (χ1) is 17.1. The van der Waals surface area contributed by atoms with E-state index >= 15 is 0 Å². The maximum absolute atomic E-state index is 13.5. The molecule has 3 aromatic rings. The van der Waals surface area contributed by atoms with Gasteiger partial charge in [-0.25, -0.2) is 8.42 Å². The Labute approximate surface area is 222 Å². The van der Waals surface area contributed by atoms with Gasteiger partial charge in [-0.3, -0.25) is 9.59 Å². The fraction of sp³-hybridized carbons (Fsp3) is 0.280. The summed E-state index contributed by atoms with van der Waals surface area (Å²) in [6, 6.07) is 18.7. The Kier molecular flexibility index (Phi) is 7.55. The standard InChI is InChI=1S/C25H24ClNO6S3/c1-3-33-22(28)21(34-2)24(17-7-5-4-6-8-17)15-25(24,23(29)30)27-36(31,32)20-14-13-19(35-20)16-9-11-18(26)12-10-16/h4-14,21,27H,3,15H2,1-2H3,(H,29,30)/t21?,24-,25?/m0/s1. The highest BCUT2D eigenvalue weighted by molar-refractivity contribution is 8.00. The lowest BCUT2D eigenvalue weighted by Gasteiger charge is -2.29. The van der Waals surface area contributed by atoms with Gasteiger partial charge in [-0.2, -0.15) is 4.72 Å². The molecule has 0 amide bonds. The molecule has 11 heteroatoms. The molecule has 1 aliphatic rings. The zero-order valence-corrected chi connectivity index (χ0v) is 22.6. The van der Waals surface area contributed by atoms with Crippen LogP contribution in [0.1, 0.15) is 18.9 Å². The van der Waals surface area contributed by atoms with Crippen LogP contribution < -0.4 is 4.72 Å². The molecular weight excluding hydrogens is 542 g/mol. The van der Waals surface area contributed by atoms with Crippen molar-refractivity contribution < 1.29 is 27.9 Å². The van der Waals surface area contributed by atoms with Crippen molar-refractivity contribution in [3.8, 4) is 10.4 Å². The predicted molar refractivity (Wildman–Crippen MR) is 142 cm³/mol. The number of ether oxygens (including phenoxy) is 1. The van der Waals surface area contributed by atoms with Gasteiger partial charge >= 0.3 is 11.9 Å². The van der Waals surface area contributed by atoms with Gasteiger partial charge < -0.3 is 9.84 Å². The first-order valence-electron chi connectivity index (χ1n) is 11.0. The van der Waals surface area contributed by atoms with Crippen LogP contribution in [0, 0.1) is 0 Å². The van der Waals surface area contributed by atoms with E-state index in [0.29, 0.717) is 15.5 Å². The highest BCUT2D eigenvalue weighted by atomic mass is 35.5. The number of hydrogen-bond donors (Lipinski definition) is 2. The van der Waals surface area contributed by atoms with E-state index in [-0.39, 0.29) is 17.2 Å². The van der Waals surface area contributed by atoms with Crippen LogP contribution in [0.5, 0.6) is 0 Å². The Morgan fingerprint density at radius 1 is 1.14 bits per heavy atom. The SMILES string of the molecule is CCOC(=O)C(SC)[C@@]1(c2ccccc2)CC1(NS(=O)(=O)c1ccc(-c2ccc(Cl)cc2)s1)C(=O)O. The molecule has 2 aromatic carbocycles. The average molecular weight is 566 g/mol. The summed E-state index contributed by atoms with van der Waals surface area (Å²) in [4.78, 5) is 26.4. The maximum atomic E-state index is 13.5.